The van der Waals surface area contributed by atoms with Crippen molar-refractivity contribution in [2.75, 3.05) is 0 Å². The van der Waals surface area contributed by atoms with E-state index in [0.29, 0.717) is 0 Å². The highest BCUT2D eigenvalue weighted by Crippen LogP contribution is 2.34. The highest BCUT2D eigenvalue weighted by Gasteiger charge is 2.31. The minimum absolute atomic E-state index is 0.0400. The van der Waals surface area contributed by atoms with E-state index in [1.165, 1.54) is 0 Å². The number of nitrogens with zero attached hydrogens (tertiary/aromatic N) is 1. The Morgan fingerprint density at radius 3 is 2.21 bits per heavy atom. The summed E-state index contributed by atoms with van der Waals surface area (Å²) in [7, 11) is 0. The van der Waals surface area contributed by atoms with Crippen molar-refractivity contribution in [1.82, 2.24) is 4.98 Å². The topological polar surface area (TPSA) is 26.0 Å². The Bertz CT molecular complexity index is 304. The van der Waals surface area contributed by atoms with E-state index >= 15 is 0 Å². The molecule has 1 heterocycles. The average Bonchev–Trinajstić information content (AvgIpc) is 2.51. The van der Waals surface area contributed by atoms with Gasteiger partial charge in [0.2, 0.25) is 0 Å². The molecule has 1 aromatic heterocycles. The SMILES string of the molecule is CCC(C)(C)c1ncoc1C(C)(C)C. The molecule has 0 aromatic carbocycles. The largest absolute Gasteiger partial charge is 0.448 e. The smallest absolute Gasteiger partial charge is 0.181 e. The summed E-state index contributed by atoms with van der Waals surface area (Å²) in [5.74, 6) is 1.02. The van der Waals surface area contributed by atoms with Crippen molar-refractivity contribution in [1.29, 1.82) is 0 Å². The molecule has 0 saturated carbocycles. The Morgan fingerprint density at radius 1 is 1.21 bits per heavy atom. The zero-order chi connectivity index (χ0) is 11.0. The lowest BCUT2D eigenvalue weighted by Gasteiger charge is -2.25. The van der Waals surface area contributed by atoms with E-state index in [1.54, 1.807) is 6.39 Å². The van der Waals surface area contributed by atoms with Gasteiger partial charge in [-0.1, -0.05) is 41.5 Å². The Kier molecular flexibility index (Phi) is 2.75. The third-order valence-corrected chi connectivity index (χ3v) is 2.77. The molecule has 0 atom stereocenters. The van der Waals surface area contributed by atoms with Gasteiger partial charge in [-0.15, -0.1) is 0 Å². The lowest BCUT2D eigenvalue weighted by molar-refractivity contribution is 0.384. The molecular weight excluding hydrogens is 174 g/mol. The second-order valence-corrected chi connectivity index (χ2v) is 5.52. The molecule has 14 heavy (non-hydrogen) atoms. The van der Waals surface area contributed by atoms with Gasteiger partial charge in [-0.3, -0.25) is 0 Å². The maximum absolute atomic E-state index is 5.51. The van der Waals surface area contributed by atoms with Gasteiger partial charge in [0.15, 0.2) is 6.39 Å². The molecular formula is C12H21NO. The van der Waals surface area contributed by atoms with Crippen LogP contribution in [0.1, 0.15) is 59.4 Å². The maximum Gasteiger partial charge on any atom is 0.181 e. The van der Waals surface area contributed by atoms with Crippen molar-refractivity contribution in [3.05, 3.63) is 17.8 Å². The highest BCUT2D eigenvalue weighted by molar-refractivity contribution is 5.23. The highest BCUT2D eigenvalue weighted by atomic mass is 16.3. The van der Waals surface area contributed by atoms with E-state index in [0.717, 1.165) is 17.9 Å². The Hall–Kier alpha value is -0.790. The summed E-state index contributed by atoms with van der Waals surface area (Å²) in [6.45, 7) is 13.1. The van der Waals surface area contributed by atoms with Crippen LogP contribution in [0, 0.1) is 0 Å². The van der Waals surface area contributed by atoms with Crippen LogP contribution in [0.5, 0.6) is 0 Å². The van der Waals surface area contributed by atoms with Gasteiger partial charge in [0.05, 0.1) is 5.69 Å². The first-order valence-electron chi connectivity index (χ1n) is 5.23. The molecule has 0 fully saturated rings. The molecule has 0 bridgehead atoms. The fourth-order valence-corrected chi connectivity index (χ4v) is 1.43. The van der Waals surface area contributed by atoms with E-state index in [4.69, 9.17) is 4.42 Å². The van der Waals surface area contributed by atoms with Gasteiger partial charge in [0.25, 0.3) is 0 Å². The predicted octanol–water partition coefficient (Wildman–Crippen LogP) is 3.66. The van der Waals surface area contributed by atoms with Crippen molar-refractivity contribution in [2.45, 2.75) is 58.8 Å². The third kappa shape index (κ3) is 1.99. The van der Waals surface area contributed by atoms with Gasteiger partial charge in [-0.2, -0.15) is 0 Å². The summed E-state index contributed by atoms with van der Waals surface area (Å²) in [5, 5.41) is 0. The van der Waals surface area contributed by atoms with Crippen LogP contribution in [0.4, 0.5) is 0 Å². The molecule has 1 rings (SSSR count). The lowest BCUT2D eigenvalue weighted by atomic mass is 9.80. The monoisotopic (exact) mass is 195 g/mol. The third-order valence-electron chi connectivity index (χ3n) is 2.77. The zero-order valence-corrected chi connectivity index (χ0v) is 10.1. The second-order valence-electron chi connectivity index (χ2n) is 5.52. The van der Waals surface area contributed by atoms with Crippen molar-refractivity contribution < 1.29 is 4.42 Å². The van der Waals surface area contributed by atoms with E-state index in [2.05, 4.69) is 46.5 Å². The number of hydrogen-bond acceptors (Lipinski definition) is 2. The van der Waals surface area contributed by atoms with Crippen LogP contribution in [0.25, 0.3) is 0 Å². The van der Waals surface area contributed by atoms with Crippen molar-refractivity contribution >= 4 is 0 Å². The maximum atomic E-state index is 5.51. The fourth-order valence-electron chi connectivity index (χ4n) is 1.43. The van der Waals surface area contributed by atoms with Crippen LogP contribution >= 0.6 is 0 Å². The molecule has 0 spiro atoms. The summed E-state index contributed by atoms with van der Waals surface area (Å²) < 4.78 is 5.51. The molecule has 0 N–H and O–H groups in total. The molecule has 0 aliphatic rings. The number of rotatable bonds is 2. The number of aromatic nitrogens is 1. The van der Waals surface area contributed by atoms with Crippen LogP contribution < -0.4 is 0 Å². The van der Waals surface area contributed by atoms with Crippen LogP contribution in [-0.2, 0) is 10.8 Å². The first kappa shape index (κ1) is 11.3. The molecule has 0 aliphatic carbocycles. The van der Waals surface area contributed by atoms with Crippen LogP contribution in [0.3, 0.4) is 0 Å². The molecule has 0 unspecified atom stereocenters. The normalized spacial score (nSPS) is 13.3. The second kappa shape index (κ2) is 3.41. The summed E-state index contributed by atoms with van der Waals surface area (Å²) >= 11 is 0. The minimum Gasteiger partial charge on any atom is -0.448 e. The first-order valence-corrected chi connectivity index (χ1v) is 5.23. The molecule has 0 saturated heterocycles. The van der Waals surface area contributed by atoms with E-state index < -0.39 is 0 Å². The Labute approximate surface area is 86.7 Å². The van der Waals surface area contributed by atoms with Gasteiger partial charge in [-0.05, 0) is 6.42 Å². The van der Waals surface area contributed by atoms with E-state index in [9.17, 15) is 0 Å². The van der Waals surface area contributed by atoms with Crippen LogP contribution in [0.15, 0.2) is 10.8 Å². The number of hydrogen-bond donors (Lipinski definition) is 0. The number of oxazole rings is 1. The van der Waals surface area contributed by atoms with Crippen molar-refractivity contribution in [2.24, 2.45) is 0 Å². The molecule has 2 nitrogen and oxygen atoms in total. The minimum atomic E-state index is 0.0400. The molecule has 0 radical (unpaired) electrons. The average molecular weight is 195 g/mol. The molecule has 0 amide bonds. The van der Waals surface area contributed by atoms with Crippen molar-refractivity contribution in [3.63, 3.8) is 0 Å². The van der Waals surface area contributed by atoms with Crippen LogP contribution in [-0.4, -0.2) is 4.98 Å². The van der Waals surface area contributed by atoms with Gasteiger partial charge >= 0.3 is 0 Å². The molecule has 1 aromatic rings. The lowest BCUT2D eigenvalue weighted by Crippen LogP contribution is -2.23. The molecule has 2 heteroatoms. The van der Waals surface area contributed by atoms with E-state index in [1.807, 2.05) is 0 Å². The molecule has 80 valence electrons. The fraction of sp³-hybridized carbons (Fsp3) is 0.750. The standard InChI is InChI=1S/C12H21NO/c1-7-12(5,6)9-10(11(2,3)4)14-8-13-9/h8H,7H2,1-6H3. The quantitative estimate of drug-likeness (QED) is 0.719. The van der Waals surface area contributed by atoms with Gasteiger partial charge < -0.3 is 4.42 Å². The summed E-state index contributed by atoms with van der Waals surface area (Å²) in [6.07, 6.45) is 2.63. The van der Waals surface area contributed by atoms with Crippen molar-refractivity contribution in [3.8, 4) is 0 Å². The summed E-state index contributed by atoms with van der Waals surface area (Å²) in [5.41, 5.74) is 1.25. The predicted molar refractivity (Wildman–Crippen MR) is 58.5 cm³/mol. The summed E-state index contributed by atoms with van der Waals surface area (Å²) in [6, 6.07) is 0. The Morgan fingerprint density at radius 2 is 1.79 bits per heavy atom. The van der Waals surface area contributed by atoms with Crippen LogP contribution in [0.2, 0.25) is 0 Å². The first-order chi connectivity index (χ1) is 6.29. The zero-order valence-electron chi connectivity index (χ0n) is 10.1. The van der Waals surface area contributed by atoms with Gasteiger partial charge in [0.1, 0.15) is 5.76 Å². The Balaban J connectivity index is 3.18. The van der Waals surface area contributed by atoms with Gasteiger partial charge in [-0.25, -0.2) is 4.98 Å². The van der Waals surface area contributed by atoms with Gasteiger partial charge in [0, 0.05) is 10.8 Å². The van der Waals surface area contributed by atoms with E-state index in [-0.39, 0.29) is 10.8 Å². The molecule has 0 aliphatic heterocycles. The summed E-state index contributed by atoms with van der Waals surface area (Å²) in [4.78, 5) is 4.36.